The third kappa shape index (κ3) is 2.18. The Kier molecular flexibility index (Phi) is 2.51. The molecule has 0 fully saturated rings. The van der Waals surface area contributed by atoms with E-state index in [9.17, 15) is 13.5 Å². The first-order chi connectivity index (χ1) is 6.97. The molecule has 1 aliphatic rings. The highest BCUT2D eigenvalue weighted by Crippen LogP contribution is 2.31. The number of nitrogens with one attached hydrogen (secondary N) is 1. The molecule has 82 valence electrons. The van der Waals surface area contributed by atoms with E-state index in [2.05, 4.69) is 4.72 Å². The third-order valence-corrected chi connectivity index (χ3v) is 3.08. The van der Waals surface area contributed by atoms with Crippen molar-refractivity contribution in [2.24, 2.45) is 5.14 Å². The minimum absolute atomic E-state index is 0.448. The van der Waals surface area contributed by atoms with Crippen LogP contribution in [0.25, 0.3) is 0 Å². The van der Waals surface area contributed by atoms with E-state index in [1.165, 1.54) is 0 Å². The molecule has 2 rings (SSSR count). The lowest BCUT2D eigenvalue weighted by atomic mass is 10.1. The second-order valence-electron chi connectivity index (χ2n) is 3.61. The Labute approximate surface area is 88.1 Å². The number of aliphatic hydroxyl groups excluding tert-OH is 1. The number of nitrogens with two attached hydrogens (primary N) is 1. The van der Waals surface area contributed by atoms with Gasteiger partial charge in [0.1, 0.15) is 0 Å². The van der Waals surface area contributed by atoms with Crippen molar-refractivity contribution in [3.63, 3.8) is 0 Å². The van der Waals surface area contributed by atoms with Gasteiger partial charge in [0.2, 0.25) is 0 Å². The summed E-state index contributed by atoms with van der Waals surface area (Å²) in [6.07, 6.45) is -0.302. The van der Waals surface area contributed by atoms with Gasteiger partial charge >= 0.3 is 0 Å². The normalized spacial score (nSPS) is 25.2. The van der Waals surface area contributed by atoms with Crippen LogP contribution in [-0.4, -0.2) is 19.6 Å². The Hall–Kier alpha value is -0.950. The van der Waals surface area contributed by atoms with Gasteiger partial charge in [-0.3, -0.25) is 0 Å². The number of benzene rings is 1. The minimum Gasteiger partial charge on any atom is -0.391 e. The summed E-state index contributed by atoms with van der Waals surface area (Å²) in [6, 6.07) is 6.67. The highest BCUT2D eigenvalue weighted by atomic mass is 32.2. The van der Waals surface area contributed by atoms with E-state index in [1.807, 2.05) is 12.1 Å². The fourth-order valence-corrected chi connectivity index (χ4v) is 2.53. The molecule has 15 heavy (non-hydrogen) atoms. The Balaban J connectivity index is 2.34. The van der Waals surface area contributed by atoms with Crippen molar-refractivity contribution in [2.45, 2.75) is 18.6 Å². The van der Waals surface area contributed by atoms with Crippen molar-refractivity contribution >= 4 is 10.2 Å². The third-order valence-electron chi connectivity index (χ3n) is 2.50. The molecule has 1 aromatic carbocycles. The highest BCUT2D eigenvalue weighted by molar-refractivity contribution is 7.87. The highest BCUT2D eigenvalue weighted by Gasteiger charge is 2.32. The van der Waals surface area contributed by atoms with Crippen LogP contribution in [0.15, 0.2) is 24.3 Å². The lowest BCUT2D eigenvalue weighted by molar-refractivity contribution is 0.151. The molecule has 0 amide bonds. The molecule has 0 aliphatic heterocycles. The average Bonchev–Trinajstić information content (AvgIpc) is 2.41. The Morgan fingerprint density at radius 2 is 2.07 bits per heavy atom. The number of aliphatic hydroxyl groups is 1. The van der Waals surface area contributed by atoms with E-state index < -0.39 is 22.4 Å². The van der Waals surface area contributed by atoms with Crippen LogP contribution in [0.1, 0.15) is 17.2 Å². The van der Waals surface area contributed by atoms with Crippen LogP contribution in [0.5, 0.6) is 0 Å². The van der Waals surface area contributed by atoms with Gasteiger partial charge in [0.05, 0.1) is 12.1 Å². The molecule has 0 radical (unpaired) electrons. The fraction of sp³-hybridized carbons (Fsp3) is 0.333. The lowest BCUT2D eigenvalue weighted by Crippen LogP contribution is -2.38. The van der Waals surface area contributed by atoms with Crippen LogP contribution < -0.4 is 9.86 Å². The maximum absolute atomic E-state index is 10.9. The molecule has 5 nitrogen and oxygen atoms in total. The average molecular weight is 228 g/mol. The largest absolute Gasteiger partial charge is 0.391 e. The first kappa shape index (κ1) is 10.6. The molecule has 0 spiro atoms. The van der Waals surface area contributed by atoms with Crippen LogP contribution in [-0.2, 0) is 16.6 Å². The van der Waals surface area contributed by atoms with E-state index in [0.717, 1.165) is 11.1 Å². The van der Waals surface area contributed by atoms with Crippen LogP contribution in [0.2, 0.25) is 0 Å². The van der Waals surface area contributed by atoms with Gasteiger partial charge in [-0.05, 0) is 11.1 Å². The van der Waals surface area contributed by atoms with E-state index in [4.69, 9.17) is 5.14 Å². The van der Waals surface area contributed by atoms with Gasteiger partial charge in [-0.15, -0.1) is 0 Å². The van der Waals surface area contributed by atoms with Gasteiger partial charge in [-0.2, -0.15) is 13.1 Å². The summed E-state index contributed by atoms with van der Waals surface area (Å²) in [5, 5.41) is 14.6. The zero-order valence-corrected chi connectivity index (χ0v) is 8.74. The Bertz CT molecular complexity index is 472. The van der Waals surface area contributed by atoms with Crippen LogP contribution in [0, 0.1) is 0 Å². The molecule has 1 aliphatic carbocycles. The fourth-order valence-electron chi connectivity index (χ4n) is 1.89. The molecule has 0 aromatic heterocycles. The monoisotopic (exact) mass is 228 g/mol. The summed E-state index contributed by atoms with van der Waals surface area (Å²) in [5.74, 6) is 0. The Morgan fingerprint density at radius 1 is 1.40 bits per heavy atom. The van der Waals surface area contributed by atoms with Crippen molar-refractivity contribution in [1.82, 2.24) is 4.72 Å². The van der Waals surface area contributed by atoms with Crippen LogP contribution >= 0.6 is 0 Å². The molecular formula is C9H12N2O3S. The van der Waals surface area contributed by atoms with Gasteiger partial charge in [0.25, 0.3) is 10.2 Å². The number of fused-ring (bicyclic) bond motifs is 1. The second kappa shape index (κ2) is 3.57. The molecule has 0 saturated heterocycles. The van der Waals surface area contributed by atoms with Crippen molar-refractivity contribution < 1.29 is 13.5 Å². The predicted molar refractivity (Wildman–Crippen MR) is 55.1 cm³/mol. The maximum Gasteiger partial charge on any atom is 0.275 e. The summed E-state index contributed by atoms with van der Waals surface area (Å²) < 4.78 is 24.0. The number of hydrogen-bond donors (Lipinski definition) is 3. The zero-order chi connectivity index (χ0) is 11.1. The second-order valence-corrected chi connectivity index (χ2v) is 4.94. The Morgan fingerprint density at radius 3 is 2.73 bits per heavy atom. The standard InChI is InChI=1S/C9H12N2O3S/c10-15(13,14)11-9-7-4-2-1-3-6(7)5-8(9)12/h1-4,8-9,11-12H,5H2,(H2,10,13,14). The smallest absolute Gasteiger partial charge is 0.275 e. The molecule has 2 atom stereocenters. The lowest BCUT2D eigenvalue weighted by Gasteiger charge is -2.15. The van der Waals surface area contributed by atoms with Gasteiger partial charge in [-0.25, -0.2) is 5.14 Å². The molecule has 2 unspecified atom stereocenters. The molecular weight excluding hydrogens is 216 g/mol. The quantitative estimate of drug-likeness (QED) is 0.633. The minimum atomic E-state index is -3.79. The number of hydrogen-bond acceptors (Lipinski definition) is 3. The van der Waals surface area contributed by atoms with Crippen molar-refractivity contribution in [1.29, 1.82) is 0 Å². The van der Waals surface area contributed by atoms with Gasteiger partial charge < -0.3 is 5.11 Å². The summed E-state index contributed by atoms with van der Waals surface area (Å²) >= 11 is 0. The maximum atomic E-state index is 10.9. The molecule has 0 bridgehead atoms. The van der Waals surface area contributed by atoms with E-state index in [0.29, 0.717) is 6.42 Å². The molecule has 0 saturated carbocycles. The van der Waals surface area contributed by atoms with Crippen molar-refractivity contribution in [3.8, 4) is 0 Å². The summed E-state index contributed by atoms with van der Waals surface area (Å²) in [7, 11) is -3.79. The molecule has 6 heteroatoms. The van der Waals surface area contributed by atoms with Crippen molar-refractivity contribution in [2.75, 3.05) is 0 Å². The van der Waals surface area contributed by atoms with Gasteiger partial charge in [0, 0.05) is 6.42 Å². The van der Waals surface area contributed by atoms with Crippen molar-refractivity contribution in [3.05, 3.63) is 35.4 Å². The van der Waals surface area contributed by atoms with Crippen LogP contribution in [0.3, 0.4) is 0 Å². The van der Waals surface area contributed by atoms with E-state index >= 15 is 0 Å². The first-order valence-electron chi connectivity index (χ1n) is 4.53. The summed E-state index contributed by atoms with van der Waals surface area (Å²) in [6.45, 7) is 0. The van der Waals surface area contributed by atoms with Gasteiger partial charge in [-0.1, -0.05) is 24.3 Å². The number of rotatable bonds is 2. The SMILES string of the molecule is NS(=O)(=O)NC1c2ccccc2CC1O. The topological polar surface area (TPSA) is 92.4 Å². The van der Waals surface area contributed by atoms with E-state index in [-0.39, 0.29) is 0 Å². The van der Waals surface area contributed by atoms with Gasteiger partial charge in [0.15, 0.2) is 0 Å². The first-order valence-corrected chi connectivity index (χ1v) is 6.08. The predicted octanol–water partition coefficient (Wildman–Crippen LogP) is -0.562. The molecule has 0 heterocycles. The summed E-state index contributed by atoms with van der Waals surface area (Å²) in [4.78, 5) is 0. The molecule has 1 aromatic rings. The zero-order valence-electron chi connectivity index (χ0n) is 7.92. The summed E-state index contributed by atoms with van der Waals surface area (Å²) in [5.41, 5.74) is 1.74. The van der Waals surface area contributed by atoms with E-state index in [1.54, 1.807) is 12.1 Å². The molecule has 4 N–H and O–H groups in total. The van der Waals surface area contributed by atoms with Crippen LogP contribution in [0.4, 0.5) is 0 Å².